The quantitative estimate of drug-likeness (QED) is 0.479. The van der Waals surface area contributed by atoms with Gasteiger partial charge in [-0.2, -0.15) is 0 Å². The zero-order chi connectivity index (χ0) is 5.82. The summed E-state index contributed by atoms with van der Waals surface area (Å²) >= 11 is 7.79. The molecule has 1 unspecified atom stereocenters. The first-order chi connectivity index (χ1) is 3.89. The van der Waals surface area contributed by atoms with Crippen molar-refractivity contribution in [1.29, 1.82) is 0 Å². The van der Waals surface area contributed by atoms with Crippen molar-refractivity contribution in [3.05, 3.63) is 0 Å². The lowest BCUT2D eigenvalue weighted by molar-refractivity contribution is 0.715. The van der Waals surface area contributed by atoms with Crippen LogP contribution in [0, 0.1) is 0 Å². The van der Waals surface area contributed by atoms with Crippen molar-refractivity contribution in [2.24, 2.45) is 0 Å². The molecule has 0 aromatic carbocycles. The fourth-order valence-corrected chi connectivity index (χ4v) is 2.26. The predicted molar refractivity (Wildman–Crippen MR) is 40.6 cm³/mol. The van der Waals surface area contributed by atoms with Crippen molar-refractivity contribution in [2.45, 2.75) is 30.4 Å². The van der Waals surface area contributed by atoms with Crippen LogP contribution < -0.4 is 0 Å². The molecule has 0 amide bonds. The summed E-state index contributed by atoms with van der Waals surface area (Å²) in [5, 5.41) is 0. The topological polar surface area (TPSA) is 0 Å². The van der Waals surface area contributed by atoms with Crippen LogP contribution in [0.2, 0.25) is 0 Å². The van der Waals surface area contributed by atoms with Crippen LogP contribution in [0.3, 0.4) is 0 Å². The van der Waals surface area contributed by atoms with E-state index in [2.05, 4.69) is 0 Å². The highest BCUT2D eigenvalue weighted by Crippen LogP contribution is 2.26. The van der Waals surface area contributed by atoms with Crippen LogP contribution in [0.4, 0.5) is 0 Å². The molecule has 1 aliphatic heterocycles. The maximum Gasteiger partial charge on any atom is 0.0788 e. The number of thioether (sulfide) groups is 1. The molecule has 0 radical (unpaired) electrons. The van der Waals surface area contributed by atoms with Gasteiger partial charge in [0.05, 0.1) is 4.71 Å². The van der Waals surface area contributed by atoms with E-state index in [0.29, 0.717) is 4.71 Å². The van der Waals surface area contributed by atoms with Crippen molar-refractivity contribution < 1.29 is 0 Å². The third-order valence-electron chi connectivity index (χ3n) is 1.37. The van der Waals surface area contributed by atoms with E-state index in [9.17, 15) is 0 Å². The molecule has 0 N–H and O–H groups in total. The molecule has 1 saturated heterocycles. The van der Waals surface area contributed by atoms with Crippen molar-refractivity contribution in [1.82, 2.24) is 0 Å². The molecule has 0 aromatic heterocycles. The molecule has 2 heteroatoms. The minimum absolute atomic E-state index is 0.414. The third kappa shape index (κ3) is 2.27. The van der Waals surface area contributed by atoms with Crippen LogP contribution in [-0.4, -0.2) is 10.5 Å². The van der Waals surface area contributed by atoms with Gasteiger partial charge in [-0.1, -0.05) is 12.8 Å². The Morgan fingerprint density at radius 3 is 3.00 bits per heavy atom. The minimum atomic E-state index is 0.414. The first-order valence-electron chi connectivity index (χ1n) is 3.15. The van der Waals surface area contributed by atoms with Gasteiger partial charge >= 0.3 is 0 Å². The molecule has 0 aromatic rings. The second-order valence-corrected chi connectivity index (χ2v) is 4.23. The van der Waals surface area contributed by atoms with E-state index in [0.717, 1.165) is 0 Å². The van der Waals surface area contributed by atoms with Gasteiger partial charge in [0.25, 0.3) is 0 Å². The molecule has 1 atom stereocenters. The van der Waals surface area contributed by atoms with Gasteiger partial charge in [-0.15, -0.1) is 23.4 Å². The van der Waals surface area contributed by atoms with Gasteiger partial charge in [0, 0.05) is 0 Å². The third-order valence-corrected chi connectivity index (χ3v) is 3.09. The van der Waals surface area contributed by atoms with Gasteiger partial charge < -0.3 is 0 Å². The fraction of sp³-hybridized carbons (Fsp3) is 1.00. The Balaban J connectivity index is 2.17. The molecule has 48 valence electrons. The average molecular weight is 151 g/mol. The van der Waals surface area contributed by atoms with Crippen LogP contribution >= 0.6 is 23.4 Å². The van der Waals surface area contributed by atoms with E-state index in [4.69, 9.17) is 11.6 Å². The van der Waals surface area contributed by atoms with Gasteiger partial charge in [0.1, 0.15) is 0 Å². The minimum Gasteiger partial charge on any atom is -0.142 e. The van der Waals surface area contributed by atoms with Crippen LogP contribution in [0.15, 0.2) is 0 Å². The molecule has 0 spiro atoms. The first-order valence-corrected chi connectivity index (χ1v) is 4.64. The van der Waals surface area contributed by atoms with Crippen molar-refractivity contribution in [3.63, 3.8) is 0 Å². The molecule has 0 nitrogen and oxygen atoms in total. The van der Waals surface area contributed by atoms with Gasteiger partial charge in [-0.3, -0.25) is 0 Å². The van der Waals surface area contributed by atoms with Gasteiger partial charge in [0.2, 0.25) is 0 Å². The average Bonchev–Trinajstić information content (AvgIpc) is 1.94. The summed E-state index contributed by atoms with van der Waals surface area (Å²) in [4.78, 5) is 0. The summed E-state index contributed by atoms with van der Waals surface area (Å²) in [6.45, 7) is 0. The summed E-state index contributed by atoms with van der Waals surface area (Å²) in [5.41, 5.74) is 0. The van der Waals surface area contributed by atoms with E-state index in [1.165, 1.54) is 31.4 Å². The summed E-state index contributed by atoms with van der Waals surface area (Å²) < 4.78 is 0.414. The number of alkyl halides is 1. The Bertz CT molecular complexity index is 57.5. The van der Waals surface area contributed by atoms with Crippen molar-refractivity contribution >= 4 is 23.4 Å². The molecule has 1 rings (SSSR count). The number of hydrogen-bond acceptors (Lipinski definition) is 1. The number of rotatable bonds is 0. The first kappa shape index (κ1) is 6.76. The maximum absolute atomic E-state index is 5.88. The van der Waals surface area contributed by atoms with Crippen LogP contribution in [-0.2, 0) is 0 Å². The Kier molecular flexibility index (Phi) is 3.06. The summed E-state index contributed by atoms with van der Waals surface area (Å²) in [5.74, 6) is 1.27. The lowest BCUT2D eigenvalue weighted by atomic mass is 10.2. The summed E-state index contributed by atoms with van der Waals surface area (Å²) in [6.07, 6.45) is 5.30. The molecule has 0 bridgehead atoms. The fourth-order valence-electron chi connectivity index (χ4n) is 0.878. The van der Waals surface area contributed by atoms with Crippen molar-refractivity contribution in [2.75, 3.05) is 5.75 Å². The lowest BCUT2D eigenvalue weighted by Gasteiger charge is -2.00. The maximum atomic E-state index is 5.88. The molecule has 0 saturated carbocycles. The number of halogens is 1. The Labute approximate surface area is 60.0 Å². The summed E-state index contributed by atoms with van der Waals surface area (Å²) in [7, 11) is 0. The highest BCUT2D eigenvalue weighted by Gasteiger charge is 2.07. The molecule has 1 aliphatic rings. The molecular formula is C6H11ClS. The van der Waals surface area contributed by atoms with Crippen LogP contribution in [0.25, 0.3) is 0 Å². The Morgan fingerprint density at radius 1 is 1.25 bits per heavy atom. The predicted octanol–water partition coefficient (Wildman–Crippen LogP) is 2.86. The highest BCUT2D eigenvalue weighted by atomic mass is 35.5. The molecule has 8 heavy (non-hydrogen) atoms. The smallest absolute Gasteiger partial charge is 0.0788 e. The van der Waals surface area contributed by atoms with Crippen LogP contribution in [0.1, 0.15) is 25.7 Å². The van der Waals surface area contributed by atoms with Gasteiger partial charge in [-0.05, 0) is 18.6 Å². The molecule has 1 fully saturated rings. The Morgan fingerprint density at radius 2 is 2.12 bits per heavy atom. The van der Waals surface area contributed by atoms with Gasteiger partial charge in [-0.25, -0.2) is 0 Å². The van der Waals surface area contributed by atoms with E-state index in [1.54, 1.807) is 0 Å². The van der Waals surface area contributed by atoms with E-state index < -0.39 is 0 Å². The zero-order valence-corrected chi connectivity index (χ0v) is 6.47. The second-order valence-electron chi connectivity index (χ2n) is 2.13. The van der Waals surface area contributed by atoms with E-state index in [-0.39, 0.29) is 0 Å². The summed E-state index contributed by atoms with van der Waals surface area (Å²) in [6, 6.07) is 0. The SMILES string of the molecule is ClC1CCCCCS1. The second kappa shape index (κ2) is 3.62. The Hall–Kier alpha value is 0.640. The zero-order valence-electron chi connectivity index (χ0n) is 4.90. The van der Waals surface area contributed by atoms with Gasteiger partial charge in [0.15, 0.2) is 0 Å². The standard InChI is InChI=1S/C6H11ClS/c7-6-4-2-1-3-5-8-6/h6H,1-5H2. The monoisotopic (exact) mass is 150 g/mol. The van der Waals surface area contributed by atoms with Crippen LogP contribution in [0.5, 0.6) is 0 Å². The molecule has 0 aliphatic carbocycles. The van der Waals surface area contributed by atoms with Crippen molar-refractivity contribution in [3.8, 4) is 0 Å². The van der Waals surface area contributed by atoms with E-state index in [1.807, 2.05) is 11.8 Å². The largest absolute Gasteiger partial charge is 0.142 e. The highest BCUT2D eigenvalue weighted by molar-refractivity contribution is 8.01. The molecular weight excluding hydrogens is 140 g/mol. The normalized spacial score (nSPS) is 31.9. The lowest BCUT2D eigenvalue weighted by Crippen LogP contribution is -1.87. The van der Waals surface area contributed by atoms with E-state index >= 15 is 0 Å². The molecule has 1 heterocycles. The number of hydrogen-bond donors (Lipinski definition) is 0.